The highest BCUT2D eigenvalue weighted by Crippen LogP contribution is 2.36. The molecule has 0 saturated heterocycles. The van der Waals surface area contributed by atoms with E-state index in [4.69, 9.17) is 14.7 Å². The molecule has 1 unspecified atom stereocenters. The number of methoxy groups -OCH3 is 1. The number of para-hydroxylation sites is 1. The lowest BCUT2D eigenvalue weighted by Crippen LogP contribution is -2.42. The van der Waals surface area contributed by atoms with Crippen molar-refractivity contribution >= 4 is 5.91 Å². The third kappa shape index (κ3) is 4.79. The lowest BCUT2D eigenvalue weighted by Gasteiger charge is -2.29. The molecule has 0 aliphatic heterocycles. The summed E-state index contributed by atoms with van der Waals surface area (Å²) in [7, 11) is 1.64. The summed E-state index contributed by atoms with van der Waals surface area (Å²) < 4.78 is 10.9. The number of carbonyl (C=O) groups is 1. The van der Waals surface area contributed by atoms with Crippen LogP contribution in [0.5, 0.6) is 11.5 Å². The number of carbonyl (C=O) groups excluding carboxylic acids is 1. The number of nitriles is 1. The Morgan fingerprint density at radius 1 is 1.22 bits per heavy atom. The average molecular weight is 364 g/mol. The number of nitrogens with zero attached hydrogens (tertiary/aromatic N) is 2. The molecule has 1 aliphatic rings. The molecule has 2 aromatic rings. The lowest BCUT2D eigenvalue weighted by atomic mass is 10.1. The van der Waals surface area contributed by atoms with Gasteiger partial charge in [0.2, 0.25) is 0 Å². The van der Waals surface area contributed by atoms with E-state index < -0.39 is 0 Å². The molecule has 1 amide bonds. The highest BCUT2D eigenvalue weighted by atomic mass is 16.5. The summed E-state index contributed by atoms with van der Waals surface area (Å²) in [5.41, 5.74) is 1.48. The van der Waals surface area contributed by atoms with Gasteiger partial charge in [-0.25, -0.2) is 0 Å². The first-order valence-corrected chi connectivity index (χ1v) is 9.16. The van der Waals surface area contributed by atoms with Crippen LogP contribution in [0.3, 0.4) is 0 Å². The Labute approximate surface area is 160 Å². The van der Waals surface area contributed by atoms with Crippen molar-refractivity contribution in [2.75, 3.05) is 13.7 Å². The van der Waals surface area contributed by atoms with Crippen molar-refractivity contribution < 1.29 is 14.3 Å². The summed E-state index contributed by atoms with van der Waals surface area (Å²) >= 11 is 0. The maximum Gasteiger partial charge on any atom is 0.261 e. The highest BCUT2D eigenvalue weighted by molar-refractivity contribution is 5.78. The second-order valence-corrected chi connectivity index (χ2v) is 6.84. The fraction of sp³-hybridized carbons (Fsp3) is 0.364. The van der Waals surface area contributed by atoms with Gasteiger partial charge in [-0.2, -0.15) is 5.26 Å². The van der Waals surface area contributed by atoms with Gasteiger partial charge in [-0.15, -0.1) is 0 Å². The predicted molar refractivity (Wildman–Crippen MR) is 102 cm³/mol. The summed E-state index contributed by atoms with van der Waals surface area (Å²) in [4.78, 5) is 14.8. The highest BCUT2D eigenvalue weighted by Gasteiger charge is 2.34. The van der Waals surface area contributed by atoms with E-state index in [9.17, 15) is 4.79 Å². The molecule has 27 heavy (non-hydrogen) atoms. The molecule has 0 radical (unpaired) electrons. The van der Waals surface area contributed by atoms with E-state index in [1.807, 2.05) is 29.2 Å². The van der Waals surface area contributed by atoms with Crippen LogP contribution in [0, 0.1) is 17.2 Å². The zero-order valence-corrected chi connectivity index (χ0v) is 15.7. The molecule has 5 nitrogen and oxygen atoms in total. The Morgan fingerprint density at radius 2 is 1.93 bits per heavy atom. The molecule has 5 heteroatoms. The molecule has 0 N–H and O–H groups in total. The summed E-state index contributed by atoms with van der Waals surface area (Å²) in [5, 5.41) is 9.16. The van der Waals surface area contributed by atoms with Crippen LogP contribution in [0.15, 0.2) is 48.5 Å². The number of ether oxygens (including phenoxy) is 2. The van der Waals surface area contributed by atoms with Crippen LogP contribution in [-0.4, -0.2) is 30.6 Å². The Balaban J connectivity index is 1.70. The van der Waals surface area contributed by atoms with Crippen molar-refractivity contribution in [1.82, 2.24) is 4.90 Å². The first-order valence-electron chi connectivity index (χ1n) is 9.16. The van der Waals surface area contributed by atoms with E-state index in [0.717, 1.165) is 24.2 Å². The molecule has 0 spiro atoms. The molecule has 1 saturated carbocycles. The number of hydrogen-bond acceptors (Lipinski definition) is 4. The monoisotopic (exact) mass is 364 g/mol. The topological polar surface area (TPSA) is 62.6 Å². The molecule has 140 valence electrons. The normalized spacial score (nSPS) is 14.1. The SMILES string of the molecule is COc1ccc(CN(C(=O)COc2ccccc2C#N)C(C)C2CC2)cc1. The van der Waals surface area contributed by atoms with Gasteiger partial charge < -0.3 is 14.4 Å². The van der Waals surface area contributed by atoms with Gasteiger partial charge in [0.25, 0.3) is 5.91 Å². The van der Waals surface area contributed by atoms with E-state index in [1.165, 1.54) is 0 Å². The number of hydrogen-bond donors (Lipinski definition) is 0. The van der Waals surface area contributed by atoms with Gasteiger partial charge in [-0.05, 0) is 55.5 Å². The Hall–Kier alpha value is -3.00. The van der Waals surface area contributed by atoms with Crippen LogP contribution < -0.4 is 9.47 Å². The van der Waals surface area contributed by atoms with Crippen LogP contribution in [0.4, 0.5) is 0 Å². The van der Waals surface area contributed by atoms with Crippen molar-refractivity contribution in [3.8, 4) is 17.6 Å². The van der Waals surface area contributed by atoms with Crippen molar-refractivity contribution in [1.29, 1.82) is 5.26 Å². The van der Waals surface area contributed by atoms with Crippen LogP contribution >= 0.6 is 0 Å². The van der Waals surface area contributed by atoms with Crippen LogP contribution in [0.2, 0.25) is 0 Å². The molecular weight excluding hydrogens is 340 g/mol. The van der Waals surface area contributed by atoms with Crippen LogP contribution in [0.25, 0.3) is 0 Å². The van der Waals surface area contributed by atoms with E-state index in [1.54, 1.807) is 31.4 Å². The maximum atomic E-state index is 12.9. The minimum absolute atomic E-state index is 0.0713. The molecule has 0 heterocycles. The zero-order valence-electron chi connectivity index (χ0n) is 15.7. The third-order valence-electron chi connectivity index (χ3n) is 4.99. The van der Waals surface area contributed by atoms with Crippen LogP contribution in [-0.2, 0) is 11.3 Å². The second-order valence-electron chi connectivity index (χ2n) is 6.84. The Morgan fingerprint density at radius 3 is 2.56 bits per heavy atom. The third-order valence-corrected chi connectivity index (χ3v) is 4.99. The van der Waals surface area contributed by atoms with Gasteiger partial charge in [0, 0.05) is 12.6 Å². The first-order chi connectivity index (χ1) is 13.1. The van der Waals surface area contributed by atoms with Crippen molar-refractivity contribution in [2.24, 2.45) is 5.92 Å². The average Bonchev–Trinajstić information content (AvgIpc) is 3.55. The minimum Gasteiger partial charge on any atom is -0.497 e. The van der Waals surface area contributed by atoms with E-state index in [2.05, 4.69) is 13.0 Å². The predicted octanol–water partition coefficient (Wildman–Crippen LogP) is 3.77. The summed E-state index contributed by atoms with van der Waals surface area (Å²) in [5.74, 6) is 1.72. The van der Waals surface area contributed by atoms with Crippen LogP contribution in [0.1, 0.15) is 30.9 Å². The van der Waals surface area contributed by atoms with E-state index in [0.29, 0.717) is 23.8 Å². The first kappa shape index (κ1) is 18.8. The molecule has 2 aromatic carbocycles. The molecule has 0 aromatic heterocycles. The number of amides is 1. The molecule has 0 bridgehead atoms. The van der Waals surface area contributed by atoms with Gasteiger partial charge in [0.15, 0.2) is 6.61 Å². The fourth-order valence-electron chi connectivity index (χ4n) is 3.13. The van der Waals surface area contributed by atoms with Gasteiger partial charge in [-0.3, -0.25) is 4.79 Å². The van der Waals surface area contributed by atoms with Gasteiger partial charge in [0.1, 0.15) is 17.6 Å². The smallest absolute Gasteiger partial charge is 0.261 e. The maximum absolute atomic E-state index is 12.9. The lowest BCUT2D eigenvalue weighted by molar-refractivity contribution is -0.136. The minimum atomic E-state index is -0.0775. The number of benzene rings is 2. The fourth-order valence-corrected chi connectivity index (χ4v) is 3.13. The summed E-state index contributed by atoms with van der Waals surface area (Å²) in [6, 6.07) is 17.0. The van der Waals surface area contributed by atoms with Gasteiger partial charge in [0.05, 0.1) is 12.7 Å². The summed E-state index contributed by atoms with van der Waals surface area (Å²) in [6.07, 6.45) is 2.32. The van der Waals surface area contributed by atoms with E-state index in [-0.39, 0.29) is 18.6 Å². The second kappa shape index (κ2) is 8.59. The van der Waals surface area contributed by atoms with Gasteiger partial charge >= 0.3 is 0 Å². The molecule has 1 aliphatic carbocycles. The largest absolute Gasteiger partial charge is 0.497 e. The molecule has 1 atom stereocenters. The number of rotatable bonds is 8. The van der Waals surface area contributed by atoms with Crippen molar-refractivity contribution in [3.05, 3.63) is 59.7 Å². The molecular formula is C22H24N2O3. The quantitative estimate of drug-likeness (QED) is 0.715. The standard InChI is InChI=1S/C22H24N2O3/c1-16(18-9-10-18)24(14-17-7-11-20(26-2)12-8-17)22(25)15-27-21-6-4-3-5-19(21)13-23/h3-8,11-12,16,18H,9-10,14-15H2,1-2H3. The molecule has 1 fully saturated rings. The molecule has 3 rings (SSSR count). The summed E-state index contributed by atoms with van der Waals surface area (Å²) in [6.45, 7) is 2.55. The Kier molecular flexibility index (Phi) is 5.97. The zero-order chi connectivity index (χ0) is 19.2. The Bertz CT molecular complexity index is 822. The van der Waals surface area contributed by atoms with Crippen molar-refractivity contribution in [2.45, 2.75) is 32.4 Å². The van der Waals surface area contributed by atoms with E-state index >= 15 is 0 Å². The van der Waals surface area contributed by atoms with Crippen molar-refractivity contribution in [3.63, 3.8) is 0 Å². The van der Waals surface area contributed by atoms with Gasteiger partial charge in [-0.1, -0.05) is 24.3 Å².